The Morgan fingerprint density at radius 2 is 2.10 bits per heavy atom. The second kappa shape index (κ2) is 4.92. The summed E-state index contributed by atoms with van der Waals surface area (Å²) in [7, 11) is 0. The maximum atomic E-state index is 12.2. The van der Waals surface area contributed by atoms with Crippen molar-refractivity contribution in [2.75, 3.05) is 0 Å². The van der Waals surface area contributed by atoms with Crippen LogP contribution in [0.5, 0.6) is 0 Å². The van der Waals surface area contributed by atoms with Crippen LogP contribution in [0.2, 0.25) is 0 Å². The lowest BCUT2D eigenvalue weighted by Crippen LogP contribution is -2.54. The molecule has 1 aliphatic carbocycles. The van der Waals surface area contributed by atoms with Gasteiger partial charge in [0.15, 0.2) is 0 Å². The monoisotopic (exact) mass is 279 g/mol. The molecule has 1 amide bonds. The lowest BCUT2D eigenvalue weighted by molar-refractivity contribution is -0.139. The summed E-state index contributed by atoms with van der Waals surface area (Å²) in [5, 5.41) is 18.7. The van der Waals surface area contributed by atoms with Crippen molar-refractivity contribution in [2.45, 2.75) is 57.4 Å². The van der Waals surface area contributed by atoms with E-state index in [1.807, 2.05) is 20.8 Å². The van der Waals surface area contributed by atoms with Crippen LogP contribution in [0.3, 0.4) is 0 Å². The first kappa shape index (κ1) is 14.6. The lowest BCUT2D eigenvalue weighted by atomic mass is 9.74. The topological polar surface area (TPSA) is 95.1 Å². The highest BCUT2D eigenvalue weighted by molar-refractivity contribution is 5.93. The average molecular weight is 279 g/mol. The number of rotatable bonds is 4. The quantitative estimate of drug-likeness (QED) is 0.783. The lowest BCUT2D eigenvalue weighted by Gasteiger charge is -2.41. The minimum Gasteiger partial charge on any atom is -0.481 e. The van der Waals surface area contributed by atoms with Gasteiger partial charge in [-0.3, -0.25) is 14.7 Å². The number of aromatic amines is 1. The average Bonchev–Trinajstić information content (AvgIpc) is 2.73. The van der Waals surface area contributed by atoms with Crippen molar-refractivity contribution in [3.05, 3.63) is 17.5 Å². The van der Waals surface area contributed by atoms with Crippen molar-refractivity contribution >= 4 is 11.9 Å². The third kappa shape index (κ3) is 3.00. The van der Waals surface area contributed by atoms with Gasteiger partial charge in [-0.2, -0.15) is 5.10 Å². The summed E-state index contributed by atoms with van der Waals surface area (Å²) in [5.74, 6) is -1.19. The zero-order valence-corrected chi connectivity index (χ0v) is 12.1. The number of carbonyl (C=O) groups is 2. The number of aliphatic carboxylic acids is 1. The van der Waals surface area contributed by atoms with E-state index < -0.39 is 11.5 Å². The Morgan fingerprint density at radius 1 is 1.45 bits per heavy atom. The van der Waals surface area contributed by atoms with Gasteiger partial charge in [-0.1, -0.05) is 20.8 Å². The highest BCUT2D eigenvalue weighted by atomic mass is 16.4. The summed E-state index contributed by atoms with van der Waals surface area (Å²) in [5.41, 5.74) is 0.486. The highest BCUT2D eigenvalue weighted by Crippen LogP contribution is 2.35. The van der Waals surface area contributed by atoms with Crippen LogP contribution in [0.1, 0.15) is 62.6 Å². The normalized spacial score (nSPS) is 17.4. The number of hydrogen-bond acceptors (Lipinski definition) is 3. The Morgan fingerprint density at radius 3 is 2.50 bits per heavy atom. The molecule has 1 aliphatic rings. The van der Waals surface area contributed by atoms with Crippen molar-refractivity contribution in [3.8, 4) is 0 Å². The van der Waals surface area contributed by atoms with Crippen molar-refractivity contribution in [1.29, 1.82) is 0 Å². The number of hydrogen-bond donors (Lipinski definition) is 3. The molecule has 2 rings (SSSR count). The molecule has 0 unspecified atom stereocenters. The van der Waals surface area contributed by atoms with Crippen LogP contribution in [-0.4, -0.2) is 32.7 Å². The molecule has 0 aromatic carbocycles. The first-order valence-electron chi connectivity index (χ1n) is 6.82. The summed E-state index contributed by atoms with van der Waals surface area (Å²) in [6.45, 7) is 6.08. The van der Waals surface area contributed by atoms with Crippen LogP contribution < -0.4 is 5.32 Å². The van der Waals surface area contributed by atoms with Gasteiger partial charge in [-0.05, 0) is 25.3 Å². The van der Waals surface area contributed by atoms with Crippen LogP contribution in [0.15, 0.2) is 6.07 Å². The number of carbonyl (C=O) groups excluding carboxylic acids is 1. The molecule has 1 heterocycles. The molecule has 6 heteroatoms. The molecule has 1 saturated carbocycles. The van der Waals surface area contributed by atoms with Crippen molar-refractivity contribution in [1.82, 2.24) is 15.5 Å². The van der Waals surface area contributed by atoms with E-state index in [-0.39, 0.29) is 17.7 Å². The van der Waals surface area contributed by atoms with Crippen LogP contribution in [0.4, 0.5) is 0 Å². The van der Waals surface area contributed by atoms with Crippen molar-refractivity contribution in [2.24, 2.45) is 0 Å². The first-order valence-corrected chi connectivity index (χ1v) is 6.82. The van der Waals surface area contributed by atoms with E-state index in [4.69, 9.17) is 5.11 Å². The zero-order chi connectivity index (χ0) is 15.0. The molecule has 1 fully saturated rings. The SMILES string of the molecule is CC(C)(C)c1cc(C(=O)NC2(CC(=O)O)CCC2)n[nH]1. The number of carboxylic acid groups (broad SMARTS) is 1. The number of nitrogens with zero attached hydrogens (tertiary/aromatic N) is 1. The van der Waals surface area contributed by atoms with Gasteiger partial charge < -0.3 is 10.4 Å². The van der Waals surface area contributed by atoms with Crippen molar-refractivity contribution in [3.63, 3.8) is 0 Å². The number of nitrogens with one attached hydrogen (secondary N) is 2. The van der Waals surface area contributed by atoms with E-state index in [0.717, 1.165) is 12.1 Å². The summed E-state index contributed by atoms with van der Waals surface area (Å²) in [6.07, 6.45) is 2.33. The maximum absolute atomic E-state index is 12.2. The van der Waals surface area contributed by atoms with E-state index in [0.29, 0.717) is 18.5 Å². The van der Waals surface area contributed by atoms with Gasteiger partial charge >= 0.3 is 5.97 Å². The van der Waals surface area contributed by atoms with Gasteiger partial charge in [0.2, 0.25) is 0 Å². The van der Waals surface area contributed by atoms with Gasteiger partial charge in [-0.15, -0.1) is 0 Å². The molecule has 3 N–H and O–H groups in total. The molecule has 0 radical (unpaired) electrons. The standard InChI is InChI=1S/C14H21N3O3/c1-13(2,3)10-7-9(16-17-10)12(20)15-14(5-4-6-14)8-11(18)19/h7H,4-6,8H2,1-3H3,(H,15,20)(H,16,17)(H,18,19). The summed E-state index contributed by atoms with van der Waals surface area (Å²) in [4.78, 5) is 23.1. The fraction of sp³-hybridized carbons (Fsp3) is 0.643. The third-order valence-electron chi connectivity index (χ3n) is 3.80. The predicted molar refractivity (Wildman–Crippen MR) is 73.6 cm³/mol. The van der Waals surface area contributed by atoms with E-state index in [1.54, 1.807) is 6.07 Å². The largest absolute Gasteiger partial charge is 0.481 e. The summed E-state index contributed by atoms with van der Waals surface area (Å²) in [6, 6.07) is 1.72. The van der Waals surface area contributed by atoms with E-state index >= 15 is 0 Å². The third-order valence-corrected chi connectivity index (χ3v) is 3.80. The molecule has 1 aromatic heterocycles. The van der Waals surface area contributed by atoms with Crippen LogP contribution in [0.25, 0.3) is 0 Å². The molecule has 0 atom stereocenters. The molecule has 1 aromatic rings. The minimum absolute atomic E-state index is 0.0324. The van der Waals surface area contributed by atoms with Crippen LogP contribution in [0, 0.1) is 0 Å². The highest BCUT2D eigenvalue weighted by Gasteiger charge is 2.40. The Labute approximate surface area is 118 Å². The second-order valence-corrected chi connectivity index (χ2v) is 6.58. The van der Waals surface area contributed by atoms with Gasteiger partial charge in [-0.25, -0.2) is 0 Å². The minimum atomic E-state index is -0.887. The Hall–Kier alpha value is -1.85. The number of H-pyrrole nitrogens is 1. The predicted octanol–water partition coefficient (Wildman–Crippen LogP) is 1.83. The fourth-order valence-corrected chi connectivity index (χ4v) is 2.37. The second-order valence-electron chi connectivity index (χ2n) is 6.58. The molecule has 0 aliphatic heterocycles. The maximum Gasteiger partial charge on any atom is 0.305 e. The van der Waals surface area contributed by atoms with Gasteiger partial charge in [0.25, 0.3) is 5.91 Å². The molecule has 0 bridgehead atoms. The summed E-state index contributed by atoms with van der Waals surface area (Å²) >= 11 is 0. The van der Waals surface area contributed by atoms with E-state index in [2.05, 4.69) is 15.5 Å². The van der Waals surface area contributed by atoms with Crippen molar-refractivity contribution < 1.29 is 14.7 Å². The number of carboxylic acids is 1. The molecule has 110 valence electrons. The Balaban J connectivity index is 2.08. The molecular weight excluding hydrogens is 258 g/mol. The number of amides is 1. The Kier molecular flexibility index (Phi) is 3.58. The fourth-order valence-electron chi connectivity index (χ4n) is 2.37. The van der Waals surface area contributed by atoms with Crippen LogP contribution in [-0.2, 0) is 10.2 Å². The van der Waals surface area contributed by atoms with E-state index in [1.165, 1.54) is 0 Å². The smallest absolute Gasteiger partial charge is 0.305 e. The first-order chi connectivity index (χ1) is 9.22. The Bertz CT molecular complexity index is 524. The van der Waals surface area contributed by atoms with Gasteiger partial charge in [0, 0.05) is 11.1 Å². The van der Waals surface area contributed by atoms with Gasteiger partial charge in [0.05, 0.1) is 12.0 Å². The van der Waals surface area contributed by atoms with Crippen LogP contribution >= 0.6 is 0 Å². The molecule has 20 heavy (non-hydrogen) atoms. The zero-order valence-electron chi connectivity index (χ0n) is 12.1. The van der Waals surface area contributed by atoms with Gasteiger partial charge in [0.1, 0.15) is 5.69 Å². The molecule has 0 saturated heterocycles. The van der Waals surface area contributed by atoms with E-state index in [9.17, 15) is 9.59 Å². The molecule has 0 spiro atoms. The number of aromatic nitrogens is 2. The molecule has 6 nitrogen and oxygen atoms in total. The summed E-state index contributed by atoms with van der Waals surface area (Å²) < 4.78 is 0. The molecular formula is C14H21N3O3.